The van der Waals surface area contributed by atoms with Gasteiger partial charge in [-0.15, -0.1) is 0 Å². The lowest BCUT2D eigenvalue weighted by molar-refractivity contribution is 0.213. The maximum atomic E-state index is 8.21. The van der Waals surface area contributed by atoms with Crippen molar-refractivity contribution in [1.29, 1.82) is 5.26 Å². The number of oxime groups is 1. The molecule has 0 saturated carbocycles. The number of nitriles is 1. The molecular formula is C7H12N2O. The van der Waals surface area contributed by atoms with Gasteiger partial charge in [0.15, 0.2) is 0 Å². The lowest BCUT2D eigenvalue weighted by Crippen LogP contribution is -1.94. The standard InChI is InChI=1S/C7H12N2O/c1-7(4-3-5-8)6-9-10-2/h6-7H,3-4H2,1-2H3/b9-6+. The quantitative estimate of drug-likeness (QED) is 0.439. The molecule has 0 aromatic carbocycles. The topological polar surface area (TPSA) is 45.4 Å². The van der Waals surface area contributed by atoms with E-state index < -0.39 is 0 Å². The predicted molar refractivity (Wildman–Crippen MR) is 39.5 cm³/mol. The Labute approximate surface area is 61.3 Å². The molecular weight excluding hydrogens is 128 g/mol. The second-order valence-corrected chi connectivity index (χ2v) is 2.11. The van der Waals surface area contributed by atoms with Crippen LogP contribution in [0.4, 0.5) is 0 Å². The lowest BCUT2D eigenvalue weighted by atomic mass is 10.1. The molecule has 3 heteroatoms. The Balaban J connectivity index is 3.35. The molecule has 0 aromatic heterocycles. The van der Waals surface area contributed by atoms with Crippen LogP contribution in [-0.2, 0) is 4.84 Å². The van der Waals surface area contributed by atoms with Gasteiger partial charge in [-0.3, -0.25) is 0 Å². The van der Waals surface area contributed by atoms with Crippen LogP contribution in [0.1, 0.15) is 19.8 Å². The highest BCUT2D eigenvalue weighted by Crippen LogP contribution is 2.00. The molecule has 1 atom stereocenters. The van der Waals surface area contributed by atoms with E-state index >= 15 is 0 Å². The van der Waals surface area contributed by atoms with E-state index in [-0.39, 0.29) is 0 Å². The monoisotopic (exact) mass is 140 g/mol. The highest BCUT2D eigenvalue weighted by Gasteiger charge is 1.95. The summed E-state index contributed by atoms with van der Waals surface area (Å²) in [5.41, 5.74) is 0. The Kier molecular flexibility index (Phi) is 5.45. The smallest absolute Gasteiger partial charge is 0.106 e. The minimum Gasteiger partial charge on any atom is -0.399 e. The van der Waals surface area contributed by atoms with Crippen LogP contribution in [0.25, 0.3) is 0 Å². The minimum atomic E-state index is 0.333. The third-order valence-electron chi connectivity index (χ3n) is 1.13. The zero-order valence-corrected chi connectivity index (χ0v) is 6.37. The molecule has 10 heavy (non-hydrogen) atoms. The largest absolute Gasteiger partial charge is 0.399 e. The van der Waals surface area contributed by atoms with Crippen molar-refractivity contribution < 1.29 is 4.84 Å². The number of nitrogens with zero attached hydrogens (tertiary/aromatic N) is 2. The summed E-state index contributed by atoms with van der Waals surface area (Å²) in [7, 11) is 1.51. The van der Waals surface area contributed by atoms with Gasteiger partial charge in [0.2, 0.25) is 0 Å². The number of rotatable bonds is 4. The van der Waals surface area contributed by atoms with E-state index in [2.05, 4.69) is 16.1 Å². The van der Waals surface area contributed by atoms with Crippen molar-refractivity contribution in [2.45, 2.75) is 19.8 Å². The average Bonchev–Trinajstić information content (AvgIpc) is 1.97. The summed E-state index contributed by atoms with van der Waals surface area (Å²) in [5.74, 6) is 0.333. The highest BCUT2D eigenvalue weighted by molar-refractivity contribution is 5.59. The van der Waals surface area contributed by atoms with Gasteiger partial charge >= 0.3 is 0 Å². The predicted octanol–water partition coefficient (Wildman–Crippen LogP) is 1.56. The van der Waals surface area contributed by atoms with Gasteiger partial charge in [0, 0.05) is 12.6 Å². The Bertz CT molecular complexity index is 137. The Hall–Kier alpha value is -1.04. The molecule has 0 bridgehead atoms. The molecule has 0 fully saturated rings. The summed E-state index contributed by atoms with van der Waals surface area (Å²) in [4.78, 5) is 4.48. The first-order valence-corrected chi connectivity index (χ1v) is 3.25. The first-order chi connectivity index (χ1) is 4.81. The summed E-state index contributed by atoms with van der Waals surface area (Å²) < 4.78 is 0. The SMILES string of the molecule is CO/N=C/C(C)CCC#N. The van der Waals surface area contributed by atoms with Crippen molar-refractivity contribution in [2.24, 2.45) is 11.1 Å². The van der Waals surface area contributed by atoms with E-state index in [4.69, 9.17) is 5.26 Å². The molecule has 0 amide bonds. The molecule has 0 rings (SSSR count). The third kappa shape index (κ3) is 5.10. The Morgan fingerprint density at radius 2 is 2.50 bits per heavy atom. The fraction of sp³-hybridized carbons (Fsp3) is 0.714. The van der Waals surface area contributed by atoms with E-state index in [1.165, 1.54) is 7.11 Å². The zero-order chi connectivity index (χ0) is 7.82. The van der Waals surface area contributed by atoms with Gasteiger partial charge in [-0.1, -0.05) is 12.1 Å². The second-order valence-electron chi connectivity index (χ2n) is 2.11. The van der Waals surface area contributed by atoms with E-state index in [9.17, 15) is 0 Å². The number of hydrogen-bond donors (Lipinski definition) is 0. The summed E-state index contributed by atoms with van der Waals surface area (Å²) in [6.07, 6.45) is 3.14. The minimum absolute atomic E-state index is 0.333. The maximum Gasteiger partial charge on any atom is 0.106 e. The van der Waals surface area contributed by atoms with Crippen LogP contribution in [0.3, 0.4) is 0 Å². The fourth-order valence-electron chi connectivity index (χ4n) is 0.532. The van der Waals surface area contributed by atoms with Crippen molar-refractivity contribution in [2.75, 3.05) is 7.11 Å². The van der Waals surface area contributed by atoms with Crippen molar-refractivity contribution in [3.8, 4) is 6.07 Å². The summed E-state index contributed by atoms with van der Waals surface area (Å²) in [6.45, 7) is 2.00. The van der Waals surface area contributed by atoms with Gasteiger partial charge in [0.25, 0.3) is 0 Å². The van der Waals surface area contributed by atoms with Crippen molar-refractivity contribution in [1.82, 2.24) is 0 Å². The molecule has 0 aromatic rings. The summed E-state index contributed by atoms with van der Waals surface area (Å²) >= 11 is 0. The van der Waals surface area contributed by atoms with E-state index in [0.29, 0.717) is 12.3 Å². The first-order valence-electron chi connectivity index (χ1n) is 3.25. The number of hydrogen-bond acceptors (Lipinski definition) is 3. The molecule has 0 heterocycles. The van der Waals surface area contributed by atoms with Crippen molar-refractivity contribution in [3.63, 3.8) is 0 Å². The Morgan fingerprint density at radius 1 is 1.80 bits per heavy atom. The van der Waals surface area contributed by atoms with Crippen LogP contribution in [-0.4, -0.2) is 13.3 Å². The maximum absolute atomic E-state index is 8.21. The molecule has 0 aliphatic carbocycles. The molecule has 56 valence electrons. The molecule has 0 saturated heterocycles. The molecule has 0 N–H and O–H groups in total. The van der Waals surface area contributed by atoms with E-state index in [0.717, 1.165) is 6.42 Å². The second kappa shape index (κ2) is 6.09. The summed E-state index contributed by atoms with van der Waals surface area (Å²) in [5, 5.41) is 11.8. The zero-order valence-electron chi connectivity index (χ0n) is 6.37. The summed E-state index contributed by atoms with van der Waals surface area (Å²) in [6, 6.07) is 2.07. The Morgan fingerprint density at radius 3 is 3.00 bits per heavy atom. The lowest BCUT2D eigenvalue weighted by Gasteiger charge is -1.98. The van der Waals surface area contributed by atoms with Crippen LogP contribution in [0.15, 0.2) is 5.16 Å². The van der Waals surface area contributed by atoms with Crippen LogP contribution in [0.5, 0.6) is 0 Å². The molecule has 1 unspecified atom stereocenters. The third-order valence-corrected chi connectivity index (χ3v) is 1.13. The van der Waals surface area contributed by atoms with Gasteiger partial charge in [-0.05, 0) is 12.3 Å². The van der Waals surface area contributed by atoms with E-state index in [1.807, 2.05) is 6.92 Å². The molecule has 3 nitrogen and oxygen atoms in total. The van der Waals surface area contributed by atoms with Crippen LogP contribution in [0, 0.1) is 17.2 Å². The van der Waals surface area contributed by atoms with Crippen molar-refractivity contribution >= 4 is 6.21 Å². The van der Waals surface area contributed by atoms with Gasteiger partial charge in [-0.25, -0.2) is 0 Å². The fourth-order valence-corrected chi connectivity index (χ4v) is 0.532. The molecule has 0 aliphatic heterocycles. The van der Waals surface area contributed by atoms with Crippen LogP contribution in [0.2, 0.25) is 0 Å². The molecule has 0 aliphatic rings. The normalized spacial score (nSPS) is 12.9. The first kappa shape index (κ1) is 8.96. The molecule has 0 spiro atoms. The highest BCUT2D eigenvalue weighted by atomic mass is 16.6. The van der Waals surface area contributed by atoms with Crippen molar-refractivity contribution in [3.05, 3.63) is 0 Å². The van der Waals surface area contributed by atoms with Gasteiger partial charge in [0.05, 0.1) is 6.07 Å². The van der Waals surface area contributed by atoms with Crippen LogP contribution >= 0.6 is 0 Å². The molecule has 0 radical (unpaired) electrons. The van der Waals surface area contributed by atoms with Crippen LogP contribution < -0.4 is 0 Å². The van der Waals surface area contributed by atoms with Gasteiger partial charge in [-0.2, -0.15) is 5.26 Å². The average molecular weight is 140 g/mol. The van der Waals surface area contributed by atoms with Gasteiger partial charge < -0.3 is 4.84 Å². The van der Waals surface area contributed by atoms with Gasteiger partial charge in [0.1, 0.15) is 7.11 Å². The van der Waals surface area contributed by atoms with E-state index in [1.54, 1.807) is 6.21 Å².